The van der Waals surface area contributed by atoms with Gasteiger partial charge in [0.1, 0.15) is 0 Å². The third kappa shape index (κ3) is 6.16. The Bertz CT molecular complexity index is 134. The summed E-state index contributed by atoms with van der Waals surface area (Å²) in [6, 6.07) is 0. The van der Waals surface area contributed by atoms with Crippen molar-refractivity contribution in [2.75, 3.05) is 6.54 Å². The minimum Gasteiger partial charge on any atom is -0.393 e. The summed E-state index contributed by atoms with van der Waals surface area (Å²) in [6.45, 7) is 6.63. The molecule has 0 aliphatic carbocycles. The van der Waals surface area contributed by atoms with Gasteiger partial charge in [-0.05, 0) is 12.3 Å². The van der Waals surface area contributed by atoms with E-state index < -0.39 is 6.10 Å². The summed E-state index contributed by atoms with van der Waals surface area (Å²) < 4.78 is 0. The molecule has 0 bridgehead atoms. The van der Waals surface area contributed by atoms with E-state index >= 15 is 0 Å². The van der Waals surface area contributed by atoms with Crippen molar-refractivity contribution in [1.29, 1.82) is 0 Å². The van der Waals surface area contributed by atoms with Crippen molar-refractivity contribution < 1.29 is 9.90 Å². The second-order valence-electron chi connectivity index (χ2n) is 3.46. The van der Waals surface area contributed by atoms with Crippen LogP contribution in [0.5, 0.6) is 0 Å². The molecule has 72 valence electrons. The number of hydrogen-bond donors (Lipinski definition) is 2. The maximum atomic E-state index is 11.0. The molecular weight excluding hydrogens is 154 g/mol. The van der Waals surface area contributed by atoms with Gasteiger partial charge in [0, 0.05) is 6.54 Å². The lowest BCUT2D eigenvalue weighted by molar-refractivity contribution is -0.123. The van der Waals surface area contributed by atoms with Gasteiger partial charge in [0.2, 0.25) is 5.91 Å². The molecule has 1 amide bonds. The highest BCUT2D eigenvalue weighted by molar-refractivity contribution is 5.76. The lowest BCUT2D eigenvalue weighted by Gasteiger charge is -2.09. The van der Waals surface area contributed by atoms with E-state index in [1.54, 1.807) is 0 Å². The Morgan fingerprint density at radius 1 is 1.50 bits per heavy atom. The van der Waals surface area contributed by atoms with Gasteiger partial charge in [0.15, 0.2) is 0 Å². The van der Waals surface area contributed by atoms with Crippen LogP contribution in [-0.2, 0) is 4.79 Å². The third-order valence-corrected chi connectivity index (χ3v) is 1.60. The van der Waals surface area contributed by atoms with Crippen LogP contribution in [0.4, 0.5) is 0 Å². The Labute approximate surface area is 74.2 Å². The second-order valence-corrected chi connectivity index (χ2v) is 3.46. The van der Waals surface area contributed by atoms with Crippen LogP contribution in [0, 0.1) is 5.92 Å². The molecule has 2 N–H and O–H groups in total. The van der Waals surface area contributed by atoms with E-state index in [0.717, 1.165) is 0 Å². The van der Waals surface area contributed by atoms with Crippen molar-refractivity contribution in [3.63, 3.8) is 0 Å². The molecule has 1 atom stereocenters. The van der Waals surface area contributed by atoms with Gasteiger partial charge < -0.3 is 10.4 Å². The van der Waals surface area contributed by atoms with Gasteiger partial charge in [-0.25, -0.2) is 0 Å². The highest BCUT2D eigenvalue weighted by atomic mass is 16.3. The minimum absolute atomic E-state index is 0.0574. The number of carbonyl (C=O) groups excluding carboxylic acids is 1. The molecule has 3 heteroatoms. The Kier molecular flexibility index (Phi) is 5.72. The molecule has 0 aliphatic rings. The third-order valence-electron chi connectivity index (χ3n) is 1.60. The number of nitrogens with one attached hydrogen (secondary N) is 1. The minimum atomic E-state index is -0.489. The first-order chi connectivity index (χ1) is 5.56. The molecule has 0 saturated heterocycles. The zero-order chi connectivity index (χ0) is 9.56. The summed E-state index contributed by atoms with van der Waals surface area (Å²) in [5.74, 6) is 0.408. The number of aliphatic hydroxyl groups excluding tert-OH is 1. The number of aliphatic hydroxyl groups is 1. The first-order valence-electron chi connectivity index (χ1n) is 4.51. The van der Waals surface area contributed by atoms with Crippen LogP contribution in [0.25, 0.3) is 0 Å². The van der Waals surface area contributed by atoms with Crippen molar-refractivity contribution in [2.24, 2.45) is 5.92 Å². The number of carbonyl (C=O) groups is 1. The molecule has 1 unspecified atom stereocenters. The Hall–Kier alpha value is -0.570. The predicted molar refractivity (Wildman–Crippen MR) is 48.8 cm³/mol. The Morgan fingerprint density at radius 2 is 2.08 bits per heavy atom. The highest BCUT2D eigenvalue weighted by Crippen LogP contribution is 1.96. The zero-order valence-electron chi connectivity index (χ0n) is 8.13. The number of amides is 1. The molecule has 0 aromatic heterocycles. The zero-order valence-corrected chi connectivity index (χ0v) is 8.13. The topological polar surface area (TPSA) is 49.3 Å². The van der Waals surface area contributed by atoms with Gasteiger partial charge in [-0.2, -0.15) is 0 Å². The van der Waals surface area contributed by atoms with Crippen molar-refractivity contribution >= 4 is 5.91 Å². The second kappa shape index (κ2) is 6.00. The smallest absolute Gasteiger partial charge is 0.222 e. The maximum absolute atomic E-state index is 11.0. The summed E-state index contributed by atoms with van der Waals surface area (Å²) in [5.41, 5.74) is 0. The van der Waals surface area contributed by atoms with E-state index in [-0.39, 0.29) is 12.3 Å². The average Bonchev–Trinajstić information content (AvgIpc) is 2.00. The van der Waals surface area contributed by atoms with E-state index in [4.69, 9.17) is 5.11 Å². The monoisotopic (exact) mass is 173 g/mol. The fraction of sp³-hybridized carbons (Fsp3) is 0.889. The SMILES string of the molecule is CCC(O)CC(=O)NCC(C)C. The first-order valence-corrected chi connectivity index (χ1v) is 4.51. The highest BCUT2D eigenvalue weighted by Gasteiger charge is 2.07. The van der Waals surface area contributed by atoms with Crippen LogP contribution in [0.2, 0.25) is 0 Å². The van der Waals surface area contributed by atoms with Crippen LogP contribution in [0.1, 0.15) is 33.6 Å². The van der Waals surface area contributed by atoms with Crippen LogP contribution < -0.4 is 5.32 Å². The fourth-order valence-electron chi connectivity index (χ4n) is 0.748. The molecule has 0 aromatic rings. The molecule has 12 heavy (non-hydrogen) atoms. The standard InChI is InChI=1S/C9H19NO2/c1-4-8(11)5-9(12)10-6-7(2)3/h7-8,11H,4-6H2,1-3H3,(H,10,12). The van der Waals surface area contributed by atoms with Crippen LogP contribution in [-0.4, -0.2) is 23.7 Å². The van der Waals surface area contributed by atoms with Crippen molar-refractivity contribution in [2.45, 2.75) is 39.7 Å². The average molecular weight is 173 g/mol. The Balaban J connectivity index is 3.46. The summed E-state index contributed by atoms with van der Waals surface area (Å²) in [7, 11) is 0. The molecular formula is C9H19NO2. The Morgan fingerprint density at radius 3 is 2.50 bits per heavy atom. The summed E-state index contributed by atoms with van der Waals surface area (Å²) in [5, 5.41) is 11.9. The quantitative estimate of drug-likeness (QED) is 0.649. The van der Waals surface area contributed by atoms with Gasteiger partial charge in [0.05, 0.1) is 12.5 Å². The predicted octanol–water partition coefficient (Wildman–Crippen LogP) is 0.920. The van der Waals surface area contributed by atoms with Crippen LogP contribution in [0.15, 0.2) is 0 Å². The van der Waals surface area contributed by atoms with Gasteiger partial charge in [-0.1, -0.05) is 20.8 Å². The largest absolute Gasteiger partial charge is 0.393 e. The van der Waals surface area contributed by atoms with E-state index in [1.807, 2.05) is 20.8 Å². The number of hydrogen-bond acceptors (Lipinski definition) is 2. The van der Waals surface area contributed by atoms with Crippen molar-refractivity contribution in [1.82, 2.24) is 5.32 Å². The molecule has 0 rings (SSSR count). The van der Waals surface area contributed by atoms with Crippen molar-refractivity contribution in [3.8, 4) is 0 Å². The molecule has 3 nitrogen and oxygen atoms in total. The fourth-order valence-corrected chi connectivity index (χ4v) is 0.748. The van der Waals surface area contributed by atoms with E-state index in [9.17, 15) is 4.79 Å². The summed E-state index contributed by atoms with van der Waals surface area (Å²) >= 11 is 0. The lowest BCUT2D eigenvalue weighted by Crippen LogP contribution is -2.30. The summed E-state index contributed by atoms with van der Waals surface area (Å²) in [4.78, 5) is 11.0. The molecule has 0 fully saturated rings. The molecule has 0 spiro atoms. The maximum Gasteiger partial charge on any atom is 0.222 e. The molecule has 0 saturated carbocycles. The van der Waals surface area contributed by atoms with Gasteiger partial charge in [0.25, 0.3) is 0 Å². The molecule has 0 aromatic carbocycles. The lowest BCUT2D eigenvalue weighted by atomic mass is 10.2. The molecule has 0 radical (unpaired) electrons. The van der Waals surface area contributed by atoms with Gasteiger partial charge in [-0.15, -0.1) is 0 Å². The van der Waals surface area contributed by atoms with Crippen LogP contribution >= 0.6 is 0 Å². The van der Waals surface area contributed by atoms with E-state index in [2.05, 4.69) is 5.32 Å². The number of rotatable bonds is 5. The first kappa shape index (κ1) is 11.4. The van der Waals surface area contributed by atoms with Crippen LogP contribution in [0.3, 0.4) is 0 Å². The van der Waals surface area contributed by atoms with Gasteiger partial charge in [-0.3, -0.25) is 4.79 Å². The van der Waals surface area contributed by atoms with E-state index in [0.29, 0.717) is 18.9 Å². The van der Waals surface area contributed by atoms with Crippen molar-refractivity contribution in [3.05, 3.63) is 0 Å². The van der Waals surface area contributed by atoms with E-state index in [1.165, 1.54) is 0 Å². The summed E-state index contributed by atoms with van der Waals surface area (Å²) in [6.07, 6.45) is 0.371. The normalized spacial score (nSPS) is 13.1. The van der Waals surface area contributed by atoms with Gasteiger partial charge >= 0.3 is 0 Å². The molecule has 0 heterocycles. The molecule has 0 aliphatic heterocycles.